The van der Waals surface area contributed by atoms with Crippen LogP contribution in [-0.2, 0) is 18.9 Å². The third-order valence-corrected chi connectivity index (χ3v) is 14.2. The molecule has 2 aliphatic heterocycles. The van der Waals surface area contributed by atoms with E-state index in [0.29, 0.717) is 34.2 Å². The lowest BCUT2D eigenvalue weighted by Crippen LogP contribution is -2.57. The summed E-state index contributed by atoms with van der Waals surface area (Å²) in [6.45, 7) is 16.4. The molecule has 2 bridgehead atoms. The zero-order valence-corrected chi connectivity index (χ0v) is 23.6. The molecular formula is C31H50O4. The van der Waals surface area contributed by atoms with Crippen LogP contribution < -0.4 is 0 Å². The molecule has 4 nitrogen and oxygen atoms in total. The summed E-state index contributed by atoms with van der Waals surface area (Å²) in [5.41, 5.74) is 0.828. The summed E-state index contributed by atoms with van der Waals surface area (Å²) >= 11 is 0. The predicted molar refractivity (Wildman–Crippen MR) is 136 cm³/mol. The molecule has 1 spiro atoms. The fraction of sp³-hybridized carbons (Fsp3) is 1.00. The zero-order chi connectivity index (χ0) is 24.8. The van der Waals surface area contributed by atoms with Crippen molar-refractivity contribution in [3.8, 4) is 0 Å². The van der Waals surface area contributed by atoms with Crippen molar-refractivity contribution in [1.82, 2.24) is 0 Å². The van der Waals surface area contributed by atoms with Crippen LogP contribution in [0.3, 0.4) is 0 Å². The van der Waals surface area contributed by atoms with E-state index < -0.39 is 5.97 Å². The second-order valence-corrected chi connectivity index (χ2v) is 15.5. The van der Waals surface area contributed by atoms with Crippen molar-refractivity contribution in [3.05, 3.63) is 0 Å². The number of rotatable bonds is 3. The van der Waals surface area contributed by atoms with Gasteiger partial charge in [0.2, 0.25) is 0 Å². The van der Waals surface area contributed by atoms with Crippen molar-refractivity contribution in [2.24, 2.45) is 51.8 Å². The molecule has 35 heavy (non-hydrogen) atoms. The SMILES string of the molecule is CO[C@@H]1C[C@H]2[C@@H]3CC[C@H]([C@H](C)[C@@H]4C[C@]5(C)O[C@](C)(O4)OC5(C)C)[C@@]3(C)CC[C@@H]2[C@@]2(C)CC[C@H]3C[C@]312. The van der Waals surface area contributed by atoms with Crippen LogP contribution in [0.25, 0.3) is 0 Å². The number of ether oxygens (including phenoxy) is 4. The summed E-state index contributed by atoms with van der Waals surface area (Å²) in [6, 6.07) is 0. The first-order chi connectivity index (χ1) is 16.3. The van der Waals surface area contributed by atoms with Crippen molar-refractivity contribution in [2.75, 3.05) is 7.11 Å². The highest BCUT2D eigenvalue weighted by atomic mass is 16.9. The first kappa shape index (κ1) is 23.9. The summed E-state index contributed by atoms with van der Waals surface area (Å²) in [5.74, 6) is 3.88. The molecule has 7 rings (SSSR count). The van der Waals surface area contributed by atoms with Gasteiger partial charge in [0.25, 0.3) is 5.97 Å². The van der Waals surface area contributed by atoms with Crippen LogP contribution in [0, 0.1) is 51.8 Å². The largest absolute Gasteiger partial charge is 0.381 e. The molecule has 5 saturated carbocycles. The first-order valence-electron chi connectivity index (χ1n) is 14.9. The fourth-order valence-electron chi connectivity index (χ4n) is 12.2. The van der Waals surface area contributed by atoms with E-state index in [1.54, 1.807) is 0 Å². The molecule has 0 N–H and O–H groups in total. The number of methoxy groups -OCH3 is 1. The summed E-state index contributed by atoms with van der Waals surface area (Å²) < 4.78 is 25.7. The Morgan fingerprint density at radius 2 is 1.63 bits per heavy atom. The molecule has 2 saturated heterocycles. The van der Waals surface area contributed by atoms with Crippen LogP contribution >= 0.6 is 0 Å². The second-order valence-electron chi connectivity index (χ2n) is 15.5. The summed E-state index contributed by atoms with van der Waals surface area (Å²) in [7, 11) is 2.01. The lowest BCUT2D eigenvalue weighted by Gasteiger charge is -2.61. The van der Waals surface area contributed by atoms with Crippen molar-refractivity contribution >= 4 is 0 Å². The summed E-state index contributed by atoms with van der Waals surface area (Å²) in [5, 5.41) is 0. The Morgan fingerprint density at radius 1 is 0.857 bits per heavy atom. The van der Waals surface area contributed by atoms with E-state index in [-0.39, 0.29) is 17.3 Å². The zero-order valence-electron chi connectivity index (χ0n) is 23.6. The van der Waals surface area contributed by atoms with E-state index in [0.717, 1.165) is 30.1 Å². The molecule has 0 unspecified atom stereocenters. The van der Waals surface area contributed by atoms with E-state index in [4.69, 9.17) is 18.9 Å². The molecule has 0 aromatic carbocycles. The lowest BCUT2D eigenvalue weighted by molar-refractivity contribution is -0.385. The highest BCUT2D eigenvalue weighted by Crippen LogP contribution is 2.82. The average Bonchev–Trinajstić information content (AvgIpc) is 3.23. The van der Waals surface area contributed by atoms with Gasteiger partial charge in [-0.3, -0.25) is 0 Å². The standard InChI is InChI=1S/C31H50O4/c1-18(24-17-29(6)26(2,3)34-30(7,33-24)35-29)21-9-10-22-20-15-25(32-8)31-16-19(31)11-14-28(31,5)23(20)12-13-27(21,22)4/h18-25H,9-17H2,1-8H3/t18-,19-,20-,21+,22-,23-,24-,25+,27+,28+,29-,30+,31-/m0/s1. The summed E-state index contributed by atoms with van der Waals surface area (Å²) in [4.78, 5) is 0. The van der Waals surface area contributed by atoms with Crippen molar-refractivity contribution in [1.29, 1.82) is 0 Å². The van der Waals surface area contributed by atoms with Gasteiger partial charge < -0.3 is 18.9 Å². The maximum absolute atomic E-state index is 6.63. The van der Waals surface area contributed by atoms with Crippen LogP contribution in [-0.4, -0.2) is 36.5 Å². The topological polar surface area (TPSA) is 36.9 Å². The van der Waals surface area contributed by atoms with Gasteiger partial charge in [-0.2, -0.15) is 0 Å². The molecule has 13 atom stereocenters. The molecule has 0 aromatic rings. The van der Waals surface area contributed by atoms with E-state index in [1.165, 1.54) is 51.4 Å². The number of hydrogen-bond acceptors (Lipinski definition) is 4. The Kier molecular flexibility index (Phi) is 4.70. The van der Waals surface area contributed by atoms with Gasteiger partial charge in [0.1, 0.15) is 5.60 Å². The molecule has 7 aliphatic rings. The van der Waals surface area contributed by atoms with E-state index in [2.05, 4.69) is 41.5 Å². The number of fused-ring (bicyclic) bond motifs is 6. The van der Waals surface area contributed by atoms with Gasteiger partial charge in [0, 0.05) is 25.9 Å². The highest BCUT2D eigenvalue weighted by Gasteiger charge is 2.77. The molecule has 5 aliphatic carbocycles. The highest BCUT2D eigenvalue weighted by molar-refractivity contribution is 5.26. The minimum absolute atomic E-state index is 0.194. The minimum atomic E-state index is -0.909. The smallest absolute Gasteiger partial charge is 0.281 e. The Balaban J connectivity index is 1.15. The Hall–Kier alpha value is -0.160. The lowest BCUT2D eigenvalue weighted by atomic mass is 9.45. The summed E-state index contributed by atoms with van der Waals surface area (Å²) in [6.07, 6.45) is 12.9. The van der Waals surface area contributed by atoms with Crippen molar-refractivity contribution in [3.63, 3.8) is 0 Å². The normalized spacial score (nSPS) is 62.6. The van der Waals surface area contributed by atoms with Gasteiger partial charge in [0.05, 0.1) is 17.8 Å². The Morgan fingerprint density at radius 3 is 2.31 bits per heavy atom. The third kappa shape index (κ3) is 2.74. The van der Waals surface area contributed by atoms with Crippen LogP contribution in [0.2, 0.25) is 0 Å². The number of hydrogen-bond donors (Lipinski definition) is 0. The fourth-order valence-corrected chi connectivity index (χ4v) is 12.2. The molecule has 198 valence electrons. The van der Waals surface area contributed by atoms with Crippen LogP contribution in [0.15, 0.2) is 0 Å². The van der Waals surface area contributed by atoms with Crippen molar-refractivity contribution < 1.29 is 18.9 Å². The predicted octanol–water partition coefficient (Wildman–Crippen LogP) is 6.95. The third-order valence-electron chi connectivity index (χ3n) is 14.2. The first-order valence-corrected chi connectivity index (χ1v) is 14.9. The van der Waals surface area contributed by atoms with Gasteiger partial charge in [-0.1, -0.05) is 20.8 Å². The molecule has 0 radical (unpaired) electrons. The van der Waals surface area contributed by atoms with Crippen LogP contribution in [0.1, 0.15) is 106 Å². The Labute approximate surface area is 213 Å². The van der Waals surface area contributed by atoms with Crippen LogP contribution in [0.5, 0.6) is 0 Å². The molecule has 2 heterocycles. The van der Waals surface area contributed by atoms with Gasteiger partial charge in [-0.15, -0.1) is 0 Å². The molecule has 7 fully saturated rings. The van der Waals surface area contributed by atoms with Gasteiger partial charge in [-0.05, 0) is 118 Å². The molecule has 0 amide bonds. The molecule has 4 heteroatoms. The van der Waals surface area contributed by atoms with Crippen LogP contribution in [0.4, 0.5) is 0 Å². The monoisotopic (exact) mass is 486 g/mol. The average molecular weight is 487 g/mol. The van der Waals surface area contributed by atoms with E-state index in [1.807, 2.05) is 14.0 Å². The van der Waals surface area contributed by atoms with Gasteiger partial charge in [0.15, 0.2) is 0 Å². The van der Waals surface area contributed by atoms with Gasteiger partial charge >= 0.3 is 0 Å². The maximum atomic E-state index is 6.63. The molecule has 0 aromatic heterocycles. The van der Waals surface area contributed by atoms with Crippen molar-refractivity contribution in [2.45, 2.75) is 136 Å². The minimum Gasteiger partial charge on any atom is -0.381 e. The van der Waals surface area contributed by atoms with E-state index >= 15 is 0 Å². The quantitative estimate of drug-likeness (QED) is 0.432. The second kappa shape index (κ2) is 6.88. The maximum Gasteiger partial charge on any atom is 0.281 e. The van der Waals surface area contributed by atoms with Gasteiger partial charge in [-0.25, -0.2) is 0 Å². The molecular weight excluding hydrogens is 436 g/mol. The Bertz CT molecular complexity index is 914. The van der Waals surface area contributed by atoms with E-state index in [9.17, 15) is 0 Å².